The molecule has 3 aliphatic carbocycles. The van der Waals surface area contributed by atoms with Crippen LogP contribution in [0, 0.1) is 23.7 Å². The molecule has 2 bridgehead atoms. The first kappa shape index (κ1) is 19.2. The number of fused-ring (bicyclic) bond motifs is 1. The first-order chi connectivity index (χ1) is 14.6. The molecule has 2 aromatic rings. The Balaban J connectivity index is 1.23. The molecule has 1 saturated heterocycles. The van der Waals surface area contributed by atoms with E-state index in [1.807, 2.05) is 48.5 Å². The van der Waals surface area contributed by atoms with E-state index >= 15 is 0 Å². The van der Waals surface area contributed by atoms with Crippen LogP contribution in [0.25, 0.3) is 0 Å². The highest BCUT2D eigenvalue weighted by Gasteiger charge is 2.56. The third-order valence-corrected chi connectivity index (χ3v) is 6.79. The third kappa shape index (κ3) is 3.49. The first-order valence-electron chi connectivity index (χ1n) is 10.2. The van der Waals surface area contributed by atoms with Crippen LogP contribution in [0.4, 0.5) is 0 Å². The van der Waals surface area contributed by atoms with E-state index in [1.165, 1.54) is 0 Å². The number of hydrogen-bond acceptors (Lipinski definition) is 4. The van der Waals surface area contributed by atoms with E-state index in [4.69, 9.17) is 4.74 Å². The van der Waals surface area contributed by atoms with Gasteiger partial charge in [-0.25, -0.2) is 0 Å². The predicted octanol–water partition coefficient (Wildman–Crippen LogP) is 4.56. The van der Waals surface area contributed by atoms with E-state index < -0.39 is 0 Å². The number of allylic oxidation sites excluding steroid dienone is 2. The van der Waals surface area contributed by atoms with Gasteiger partial charge in [0.05, 0.1) is 18.1 Å². The van der Waals surface area contributed by atoms with Crippen molar-refractivity contribution in [2.75, 3.05) is 0 Å². The van der Waals surface area contributed by atoms with Gasteiger partial charge < -0.3 is 4.74 Å². The second-order valence-corrected chi connectivity index (χ2v) is 8.97. The standard InChI is InChI=1S/C24H21BrN2O3/c25-19-9-1-16(2-10-19)14-30-20-11-3-15(4-12-20)13-26-27-23(28)21-17-5-6-18(8-7-17)22(21)24(27)29/h1-6,9-13,17-18,21-22H,7-8,14H2/b26-13-/t17-,18-,21-,22+/m1/s1. The predicted molar refractivity (Wildman–Crippen MR) is 117 cm³/mol. The molecule has 1 aliphatic heterocycles. The Kier molecular flexibility index (Phi) is 5.03. The maximum Gasteiger partial charge on any atom is 0.254 e. The molecule has 6 rings (SSSR count). The minimum Gasteiger partial charge on any atom is -0.489 e. The molecule has 0 unspecified atom stereocenters. The molecule has 5 nitrogen and oxygen atoms in total. The molecule has 6 heteroatoms. The Morgan fingerprint density at radius 1 is 0.933 bits per heavy atom. The molecule has 4 aliphatic rings. The van der Waals surface area contributed by atoms with Crippen LogP contribution < -0.4 is 4.74 Å². The lowest BCUT2D eigenvalue weighted by atomic mass is 9.63. The minimum absolute atomic E-state index is 0.158. The summed E-state index contributed by atoms with van der Waals surface area (Å²) in [5, 5.41) is 5.33. The molecule has 2 aromatic carbocycles. The van der Waals surface area contributed by atoms with Gasteiger partial charge in [0, 0.05) is 4.47 Å². The fourth-order valence-electron chi connectivity index (χ4n) is 4.69. The summed E-state index contributed by atoms with van der Waals surface area (Å²) in [4.78, 5) is 25.6. The molecule has 4 atom stereocenters. The number of halogens is 1. The number of carbonyl (C=O) groups excluding carboxylic acids is 2. The zero-order valence-corrected chi connectivity index (χ0v) is 17.9. The van der Waals surface area contributed by atoms with E-state index in [-0.39, 0.29) is 35.5 Å². The van der Waals surface area contributed by atoms with Crippen molar-refractivity contribution in [2.45, 2.75) is 19.4 Å². The van der Waals surface area contributed by atoms with Crippen molar-refractivity contribution in [1.29, 1.82) is 0 Å². The quantitative estimate of drug-likeness (QED) is 0.370. The summed E-state index contributed by atoms with van der Waals surface area (Å²) in [6.07, 6.45) is 7.77. The topological polar surface area (TPSA) is 59.0 Å². The number of imide groups is 1. The van der Waals surface area contributed by atoms with E-state index in [2.05, 4.69) is 33.2 Å². The molecule has 1 saturated carbocycles. The number of carbonyl (C=O) groups is 2. The molecule has 0 aromatic heterocycles. The van der Waals surface area contributed by atoms with Crippen molar-refractivity contribution in [3.8, 4) is 5.75 Å². The van der Waals surface area contributed by atoms with Gasteiger partial charge in [-0.05, 0) is 72.2 Å². The molecule has 1 heterocycles. The fraction of sp³-hybridized carbons (Fsp3) is 0.292. The molecule has 0 spiro atoms. The van der Waals surface area contributed by atoms with Crippen LogP contribution in [0.15, 0.2) is 70.3 Å². The van der Waals surface area contributed by atoms with Gasteiger partial charge in [-0.3, -0.25) is 9.59 Å². The van der Waals surface area contributed by atoms with Crippen LogP contribution in [0.5, 0.6) is 5.75 Å². The lowest BCUT2D eigenvalue weighted by Gasteiger charge is -2.37. The molecule has 2 fully saturated rings. The van der Waals surface area contributed by atoms with Gasteiger partial charge in [0.2, 0.25) is 0 Å². The number of nitrogens with zero attached hydrogens (tertiary/aromatic N) is 2. The number of ether oxygens (including phenoxy) is 1. The van der Waals surface area contributed by atoms with Crippen molar-refractivity contribution < 1.29 is 14.3 Å². The van der Waals surface area contributed by atoms with E-state index in [9.17, 15) is 9.59 Å². The van der Waals surface area contributed by atoms with Crippen molar-refractivity contribution in [1.82, 2.24) is 5.01 Å². The molecule has 2 amide bonds. The largest absolute Gasteiger partial charge is 0.489 e. The highest BCUT2D eigenvalue weighted by Crippen LogP contribution is 2.49. The monoisotopic (exact) mass is 464 g/mol. The Bertz CT molecular complexity index is 997. The lowest BCUT2D eigenvalue weighted by molar-refractivity contribution is -0.140. The fourth-order valence-corrected chi connectivity index (χ4v) is 4.96. The summed E-state index contributed by atoms with van der Waals surface area (Å²) in [6, 6.07) is 15.4. The number of hydrogen-bond donors (Lipinski definition) is 0. The summed E-state index contributed by atoms with van der Waals surface area (Å²) < 4.78 is 6.84. The maximum atomic E-state index is 12.8. The van der Waals surface area contributed by atoms with Crippen molar-refractivity contribution >= 4 is 34.0 Å². The highest BCUT2D eigenvalue weighted by molar-refractivity contribution is 9.10. The smallest absolute Gasteiger partial charge is 0.254 e. The van der Waals surface area contributed by atoms with Gasteiger partial charge in [0.25, 0.3) is 11.8 Å². The third-order valence-electron chi connectivity index (χ3n) is 6.26. The average molecular weight is 465 g/mol. The Morgan fingerprint density at radius 3 is 2.10 bits per heavy atom. The van der Waals surface area contributed by atoms with Gasteiger partial charge >= 0.3 is 0 Å². The van der Waals surface area contributed by atoms with Crippen LogP contribution in [-0.2, 0) is 16.2 Å². The van der Waals surface area contributed by atoms with Crippen LogP contribution >= 0.6 is 15.9 Å². The Labute approximate surface area is 183 Å². The maximum absolute atomic E-state index is 12.8. The molecule has 0 radical (unpaired) electrons. The Hall–Kier alpha value is -2.73. The van der Waals surface area contributed by atoms with Crippen LogP contribution in [0.1, 0.15) is 24.0 Å². The summed E-state index contributed by atoms with van der Waals surface area (Å²) >= 11 is 3.42. The zero-order chi connectivity index (χ0) is 20.7. The SMILES string of the molecule is O=C1[C@@H]2[C@H](C(=O)N1/N=C\c1ccc(OCc3ccc(Br)cc3)cc1)[C@@H]1C=C[C@@H]2CC1. The normalized spacial score (nSPS) is 27.2. The highest BCUT2D eigenvalue weighted by atomic mass is 79.9. The van der Waals surface area contributed by atoms with Gasteiger partial charge in [-0.1, -0.05) is 40.2 Å². The van der Waals surface area contributed by atoms with Crippen LogP contribution in [0.2, 0.25) is 0 Å². The molecular weight excluding hydrogens is 444 g/mol. The van der Waals surface area contributed by atoms with Gasteiger partial charge in [0.15, 0.2) is 0 Å². The van der Waals surface area contributed by atoms with E-state index in [1.54, 1.807) is 6.21 Å². The van der Waals surface area contributed by atoms with Gasteiger partial charge in [-0.15, -0.1) is 0 Å². The van der Waals surface area contributed by atoms with Crippen molar-refractivity contribution in [3.05, 3.63) is 76.3 Å². The van der Waals surface area contributed by atoms with E-state index in [0.29, 0.717) is 6.61 Å². The summed E-state index contributed by atoms with van der Waals surface area (Å²) in [7, 11) is 0. The summed E-state index contributed by atoms with van der Waals surface area (Å²) in [5.74, 6) is 0.333. The number of amides is 2. The van der Waals surface area contributed by atoms with Crippen molar-refractivity contribution in [2.24, 2.45) is 28.8 Å². The lowest BCUT2D eigenvalue weighted by Crippen LogP contribution is -2.38. The minimum atomic E-state index is -0.229. The molecular formula is C24H21BrN2O3. The van der Waals surface area contributed by atoms with E-state index in [0.717, 1.165) is 39.2 Å². The molecule has 30 heavy (non-hydrogen) atoms. The average Bonchev–Trinajstić information content (AvgIpc) is 3.05. The summed E-state index contributed by atoms with van der Waals surface area (Å²) in [5.41, 5.74) is 1.89. The number of rotatable bonds is 5. The molecule has 0 N–H and O–H groups in total. The second kappa shape index (κ2) is 7.84. The Morgan fingerprint density at radius 2 is 1.53 bits per heavy atom. The number of hydrazone groups is 1. The van der Waals surface area contributed by atoms with Gasteiger partial charge in [-0.2, -0.15) is 10.1 Å². The van der Waals surface area contributed by atoms with Crippen LogP contribution in [0.3, 0.4) is 0 Å². The summed E-state index contributed by atoms with van der Waals surface area (Å²) in [6.45, 7) is 0.483. The van der Waals surface area contributed by atoms with Gasteiger partial charge in [0.1, 0.15) is 12.4 Å². The molecule has 152 valence electrons. The van der Waals surface area contributed by atoms with Crippen LogP contribution in [-0.4, -0.2) is 23.0 Å². The zero-order valence-electron chi connectivity index (χ0n) is 16.3. The van der Waals surface area contributed by atoms with Crippen molar-refractivity contribution in [3.63, 3.8) is 0 Å². The second-order valence-electron chi connectivity index (χ2n) is 8.06. The number of benzene rings is 2. The first-order valence-corrected chi connectivity index (χ1v) is 11.0.